The molecule has 1 aliphatic rings. The van der Waals surface area contributed by atoms with E-state index in [0.717, 1.165) is 19.8 Å². The molecule has 0 aromatic heterocycles. The van der Waals surface area contributed by atoms with Crippen LogP contribution in [0.3, 0.4) is 0 Å². The highest BCUT2D eigenvalue weighted by Gasteiger charge is 2.14. The second-order valence-electron chi connectivity index (χ2n) is 3.79. The average molecular weight is 197 g/mol. The summed E-state index contributed by atoms with van der Waals surface area (Å²) in [4.78, 5) is 0. The van der Waals surface area contributed by atoms with E-state index in [-0.39, 0.29) is 0 Å². The second kappa shape index (κ2) is 7.02. The van der Waals surface area contributed by atoms with Gasteiger partial charge < -0.3 is 10.1 Å². The quantitative estimate of drug-likeness (QED) is 0.661. The predicted octanol–water partition coefficient (Wildman–Crippen LogP) is 2.50. The lowest BCUT2D eigenvalue weighted by atomic mass is 9.94. The van der Waals surface area contributed by atoms with Crippen LogP contribution < -0.4 is 5.32 Å². The van der Waals surface area contributed by atoms with Crippen LogP contribution in [0, 0.1) is 0 Å². The fourth-order valence-corrected chi connectivity index (χ4v) is 1.96. The van der Waals surface area contributed by atoms with Crippen LogP contribution in [0.25, 0.3) is 0 Å². The van der Waals surface area contributed by atoms with Crippen molar-refractivity contribution in [3.05, 3.63) is 11.6 Å². The van der Waals surface area contributed by atoms with Crippen LogP contribution in [0.5, 0.6) is 0 Å². The second-order valence-corrected chi connectivity index (χ2v) is 3.79. The molecule has 0 radical (unpaired) electrons. The topological polar surface area (TPSA) is 21.3 Å². The minimum absolute atomic E-state index is 0.459. The Labute approximate surface area is 87.7 Å². The van der Waals surface area contributed by atoms with Gasteiger partial charge in [0.05, 0.1) is 12.6 Å². The third-order valence-corrected chi connectivity index (χ3v) is 2.71. The predicted molar refractivity (Wildman–Crippen MR) is 60.5 cm³/mol. The molecule has 1 N–H and O–H groups in total. The lowest BCUT2D eigenvalue weighted by Gasteiger charge is -2.23. The number of rotatable bonds is 6. The zero-order chi connectivity index (χ0) is 10.2. The number of hydrogen-bond acceptors (Lipinski definition) is 2. The minimum Gasteiger partial charge on any atom is -0.380 e. The number of ether oxygens (including phenoxy) is 1. The van der Waals surface area contributed by atoms with Crippen molar-refractivity contribution in [2.45, 2.75) is 45.6 Å². The fraction of sp³-hybridized carbons (Fsp3) is 0.833. The molecule has 2 nitrogen and oxygen atoms in total. The molecule has 82 valence electrons. The molecule has 0 saturated heterocycles. The van der Waals surface area contributed by atoms with Crippen LogP contribution in [0.1, 0.15) is 39.5 Å². The Morgan fingerprint density at radius 2 is 2.29 bits per heavy atom. The van der Waals surface area contributed by atoms with E-state index in [9.17, 15) is 0 Å². The molecular weight excluding hydrogens is 174 g/mol. The normalized spacial score (nSPS) is 19.1. The van der Waals surface area contributed by atoms with Crippen LogP contribution in [0.2, 0.25) is 0 Å². The molecule has 0 aromatic rings. The Morgan fingerprint density at radius 1 is 1.43 bits per heavy atom. The highest BCUT2D eigenvalue weighted by molar-refractivity contribution is 5.13. The lowest BCUT2D eigenvalue weighted by molar-refractivity contribution is 0.130. The van der Waals surface area contributed by atoms with E-state index >= 15 is 0 Å². The zero-order valence-electron chi connectivity index (χ0n) is 9.51. The summed E-state index contributed by atoms with van der Waals surface area (Å²) in [5.41, 5.74) is 1.56. The first kappa shape index (κ1) is 11.7. The van der Waals surface area contributed by atoms with Gasteiger partial charge in [0.15, 0.2) is 0 Å². The molecule has 0 amide bonds. The van der Waals surface area contributed by atoms with Gasteiger partial charge in [-0.1, -0.05) is 18.6 Å². The molecule has 1 aliphatic carbocycles. The van der Waals surface area contributed by atoms with Crippen molar-refractivity contribution in [3.8, 4) is 0 Å². The monoisotopic (exact) mass is 197 g/mol. The van der Waals surface area contributed by atoms with Crippen LogP contribution >= 0.6 is 0 Å². The van der Waals surface area contributed by atoms with Crippen LogP contribution in [0.4, 0.5) is 0 Å². The van der Waals surface area contributed by atoms with Crippen molar-refractivity contribution in [2.24, 2.45) is 0 Å². The van der Waals surface area contributed by atoms with Gasteiger partial charge in [-0.15, -0.1) is 0 Å². The molecule has 0 heterocycles. The standard InChI is InChI=1S/C12H23NO/c1-3-13-12(10-14-4-2)11-8-6-5-7-9-11/h8,12-13H,3-7,9-10H2,1-2H3. The number of nitrogens with one attached hydrogen (secondary N) is 1. The van der Waals surface area contributed by atoms with Gasteiger partial charge >= 0.3 is 0 Å². The Kier molecular flexibility index (Phi) is 5.88. The number of likely N-dealkylation sites (N-methyl/N-ethyl adjacent to an activating group) is 1. The van der Waals surface area contributed by atoms with E-state index in [1.807, 2.05) is 0 Å². The molecule has 14 heavy (non-hydrogen) atoms. The molecule has 2 heteroatoms. The van der Waals surface area contributed by atoms with Gasteiger partial charge in [-0.05, 0) is 39.2 Å². The largest absolute Gasteiger partial charge is 0.380 e. The Hall–Kier alpha value is -0.340. The van der Waals surface area contributed by atoms with Crippen molar-refractivity contribution >= 4 is 0 Å². The summed E-state index contributed by atoms with van der Waals surface area (Å²) in [6, 6.07) is 0.459. The molecule has 1 rings (SSSR count). The van der Waals surface area contributed by atoms with E-state index in [0.29, 0.717) is 6.04 Å². The summed E-state index contributed by atoms with van der Waals surface area (Å²) in [7, 11) is 0. The summed E-state index contributed by atoms with van der Waals surface area (Å²) >= 11 is 0. The van der Waals surface area contributed by atoms with E-state index in [1.54, 1.807) is 5.57 Å². The molecule has 0 fully saturated rings. The van der Waals surface area contributed by atoms with Gasteiger partial charge in [0.1, 0.15) is 0 Å². The molecule has 0 aliphatic heterocycles. The summed E-state index contributed by atoms with van der Waals surface area (Å²) in [6.45, 7) is 6.88. The van der Waals surface area contributed by atoms with Crippen molar-refractivity contribution in [2.75, 3.05) is 19.8 Å². The van der Waals surface area contributed by atoms with Crippen molar-refractivity contribution in [1.29, 1.82) is 0 Å². The first-order chi connectivity index (χ1) is 6.88. The first-order valence-electron chi connectivity index (χ1n) is 5.88. The first-order valence-corrected chi connectivity index (χ1v) is 5.88. The van der Waals surface area contributed by atoms with E-state index in [2.05, 4.69) is 25.2 Å². The van der Waals surface area contributed by atoms with Gasteiger partial charge in [0.2, 0.25) is 0 Å². The summed E-state index contributed by atoms with van der Waals surface area (Å²) in [5, 5.41) is 3.49. The zero-order valence-corrected chi connectivity index (χ0v) is 9.51. The average Bonchev–Trinajstić information content (AvgIpc) is 2.25. The van der Waals surface area contributed by atoms with Crippen LogP contribution in [-0.4, -0.2) is 25.8 Å². The Morgan fingerprint density at radius 3 is 2.86 bits per heavy atom. The van der Waals surface area contributed by atoms with Gasteiger partial charge in [-0.2, -0.15) is 0 Å². The molecule has 0 saturated carbocycles. The maximum Gasteiger partial charge on any atom is 0.0658 e. The van der Waals surface area contributed by atoms with Crippen LogP contribution in [-0.2, 0) is 4.74 Å². The molecular formula is C12H23NO. The Bertz CT molecular complexity index is 177. The molecule has 1 unspecified atom stereocenters. The van der Waals surface area contributed by atoms with E-state index in [4.69, 9.17) is 4.74 Å². The molecule has 0 bridgehead atoms. The smallest absolute Gasteiger partial charge is 0.0658 e. The Balaban J connectivity index is 2.42. The third kappa shape index (κ3) is 3.81. The number of hydrogen-bond donors (Lipinski definition) is 1. The van der Waals surface area contributed by atoms with Crippen molar-refractivity contribution in [3.63, 3.8) is 0 Å². The molecule has 0 aromatic carbocycles. The maximum absolute atomic E-state index is 5.50. The molecule has 0 spiro atoms. The summed E-state index contributed by atoms with van der Waals surface area (Å²) in [6.07, 6.45) is 7.61. The van der Waals surface area contributed by atoms with Gasteiger partial charge in [-0.3, -0.25) is 0 Å². The minimum atomic E-state index is 0.459. The number of allylic oxidation sites excluding steroid dienone is 1. The lowest BCUT2D eigenvalue weighted by Crippen LogP contribution is -2.35. The van der Waals surface area contributed by atoms with Crippen molar-refractivity contribution < 1.29 is 4.74 Å². The summed E-state index contributed by atoms with van der Waals surface area (Å²) < 4.78 is 5.50. The highest BCUT2D eigenvalue weighted by Crippen LogP contribution is 2.20. The van der Waals surface area contributed by atoms with Crippen molar-refractivity contribution in [1.82, 2.24) is 5.32 Å². The van der Waals surface area contributed by atoms with E-state index in [1.165, 1.54) is 25.7 Å². The molecule has 1 atom stereocenters. The summed E-state index contributed by atoms with van der Waals surface area (Å²) in [5.74, 6) is 0. The van der Waals surface area contributed by atoms with Gasteiger partial charge in [0, 0.05) is 6.61 Å². The van der Waals surface area contributed by atoms with Gasteiger partial charge in [0.25, 0.3) is 0 Å². The highest BCUT2D eigenvalue weighted by atomic mass is 16.5. The van der Waals surface area contributed by atoms with Crippen LogP contribution in [0.15, 0.2) is 11.6 Å². The third-order valence-electron chi connectivity index (χ3n) is 2.71. The van der Waals surface area contributed by atoms with E-state index < -0.39 is 0 Å². The fourth-order valence-electron chi connectivity index (χ4n) is 1.96. The van der Waals surface area contributed by atoms with Gasteiger partial charge in [-0.25, -0.2) is 0 Å². The maximum atomic E-state index is 5.50. The SMILES string of the molecule is CCNC(COCC)C1=CCCCC1.